The van der Waals surface area contributed by atoms with Crippen molar-refractivity contribution in [3.05, 3.63) is 53.6 Å². The molecule has 3 rings (SSSR count). The van der Waals surface area contributed by atoms with Crippen LogP contribution in [-0.2, 0) is 11.2 Å². The van der Waals surface area contributed by atoms with E-state index in [4.69, 9.17) is 4.74 Å². The molecule has 2 aromatic carbocycles. The van der Waals surface area contributed by atoms with Gasteiger partial charge in [0.2, 0.25) is 5.91 Å². The van der Waals surface area contributed by atoms with Crippen LogP contribution in [0.5, 0.6) is 5.75 Å². The molecule has 1 heterocycles. The maximum absolute atomic E-state index is 12.7. The van der Waals surface area contributed by atoms with Crippen LogP contribution < -0.4 is 15.0 Å². The molecule has 1 aliphatic rings. The minimum absolute atomic E-state index is 0.0750. The highest BCUT2D eigenvalue weighted by molar-refractivity contribution is 5.98. The Balaban J connectivity index is 1.74. The fourth-order valence-electron chi connectivity index (χ4n) is 3.16. The average Bonchev–Trinajstić information content (AvgIpc) is 2.88. The van der Waals surface area contributed by atoms with Gasteiger partial charge in [-0.3, -0.25) is 4.79 Å². The van der Waals surface area contributed by atoms with Gasteiger partial charge in [0, 0.05) is 11.7 Å². The third kappa shape index (κ3) is 3.02. The number of methoxy groups -OCH3 is 1. The Morgan fingerprint density at radius 2 is 2.09 bits per heavy atom. The van der Waals surface area contributed by atoms with Gasteiger partial charge >= 0.3 is 0 Å². The number of para-hydroxylation sites is 1. The standard InChI is InChI=1S/C19H22N2O2/c1-13-8-9-18(23-3)16(10-13)20-12-19(22)21-14(2)11-15-6-4-5-7-17(15)21/h4-10,14,20H,11-12H2,1-3H3. The predicted octanol–water partition coefficient (Wildman–Crippen LogP) is 3.39. The third-order valence-electron chi connectivity index (χ3n) is 4.26. The van der Waals surface area contributed by atoms with E-state index in [1.807, 2.05) is 48.2 Å². The Morgan fingerprint density at radius 1 is 1.30 bits per heavy atom. The molecular formula is C19H22N2O2. The molecule has 4 nitrogen and oxygen atoms in total. The molecule has 4 heteroatoms. The number of nitrogens with one attached hydrogen (secondary N) is 1. The minimum Gasteiger partial charge on any atom is -0.495 e. The average molecular weight is 310 g/mol. The molecule has 2 aromatic rings. The SMILES string of the molecule is COc1ccc(C)cc1NCC(=O)N1c2ccccc2CC1C. The molecule has 1 unspecified atom stereocenters. The van der Waals surface area contributed by atoms with Crippen molar-refractivity contribution in [2.75, 3.05) is 23.9 Å². The van der Waals surface area contributed by atoms with E-state index < -0.39 is 0 Å². The van der Waals surface area contributed by atoms with E-state index >= 15 is 0 Å². The third-order valence-corrected chi connectivity index (χ3v) is 4.26. The summed E-state index contributed by atoms with van der Waals surface area (Å²) in [6, 6.07) is 14.2. The molecule has 0 saturated heterocycles. The summed E-state index contributed by atoms with van der Waals surface area (Å²) in [7, 11) is 1.64. The lowest BCUT2D eigenvalue weighted by Gasteiger charge is -2.23. The van der Waals surface area contributed by atoms with E-state index in [0.717, 1.165) is 29.1 Å². The normalized spacial score (nSPS) is 16.1. The van der Waals surface area contributed by atoms with Gasteiger partial charge in [-0.05, 0) is 49.6 Å². The number of carbonyl (C=O) groups excluding carboxylic acids is 1. The highest BCUT2D eigenvalue weighted by Gasteiger charge is 2.30. The molecule has 0 saturated carbocycles. The van der Waals surface area contributed by atoms with Crippen molar-refractivity contribution in [3.63, 3.8) is 0 Å². The summed E-state index contributed by atoms with van der Waals surface area (Å²) in [5, 5.41) is 3.22. The summed E-state index contributed by atoms with van der Waals surface area (Å²) in [5.41, 5.74) is 4.24. The molecule has 0 aliphatic carbocycles. The predicted molar refractivity (Wildman–Crippen MR) is 93.3 cm³/mol. The highest BCUT2D eigenvalue weighted by Crippen LogP contribution is 2.32. The fraction of sp³-hybridized carbons (Fsp3) is 0.316. The summed E-state index contributed by atoms with van der Waals surface area (Å²) in [6.07, 6.45) is 0.912. The zero-order valence-electron chi connectivity index (χ0n) is 13.8. The van der Waals surface area contributed by atoms with Gasteiger partial charge in [-0.15, -0.1) is 0 Å². The van der Waals surface area contributed by atoms with Gasteiger partial charge in [0.15, 0.2) is 0 Å². The number of rotatable bonds is 4. The van der Waals surface area contributed by atoms with Gasteiger partial charge in [0.05, 0.1) is 19.3 Å². The lowest BCUT2D eigenvalue weighted by molar-refractivity contribution is -0.117. The van der Waals surface area contributed by atoms with Gasteiger partial charge < -0.3 is 15.0 Å². The maximum Gasteiger partial charge on any atom is 0.246 e. The number of anilines is 2. The first-order chi connectivity index (χ1) is 11.1. The van der Waals surface area contributed by atoms with E-state index in [0.29, 0.717) is 0 Å². The molecule has 1 atom stereocenters. The lowest BCUT2D eigenvalue weighted by atomic mass is 10.1. The second-order valence-corrected chi connectivity index (χ2v) is 6.00. The molecule has 0 fully saturated rings. The number of hydrogen-bond donors (Lipinski definition) is 1. The van der Waals surface area contributed by atoms with Gasteiger partial charge in [0.25, 0.3) is 0 Å². The van der Waals surface area contributed by atoms with Crippen molar-refractivity contribution in [3.8, 4) is 5.75 Å². The van der Waals surface area contributed by atoms with Gasteiger partial charge in [0.1, 0.15) is 5.75 Å². The number of carbonyl (C=O) groups is 1. The number of ether oxygens (including phenoxy) is 1. The van der Waals surface area contributed by atoms with Crippen LogP contribution in [0, 0.1) is 6.92 Å². The molecule has 0 radical (unpaired) electrons. The van der Waals surface area contributed by atoms with Crippen LogP contribution in [0.1, 0.15) is 18.1 Å². The van der Waals surface area contributed by atoms with Crippen molar-refractivity contribution >= 4 is 17.3 Å². The number of amides is 1. The molecule has 0 aromatic heterocycles. The monoisotopic (exact) mass is 310 g/mol. The van der Waals surface area contributed by atoms with Crippen LogP contribution in [0.3, 0.4) is 0 Å². The van der Waals surface area contributed by atoms with Crippen LogP contribution in [0.25, 0.3) is 0 Å². The van der Waals surface area contributed by atoms with Crippen LogP contribution in [0.4, 0.5) is 11.4 Å². The van der Waals surface area contributed by atoms with E-state index in [1.54, 1.807) is 7.11 Å². The van der Waals surface area contributed by atoms with Gasteiger partial charge in [-0.2, -0.15) is 0 Å². The molecule has 0 bridgehead atoms. The molecule has 1 aliphatic heterocycles. The van der Waals surface area contributed by atoms with E-state index in [-0.39, 0.29) is 18.5 Å². The fourth-order valence-corrected chi connectivity index (χ4v) is 3.16. The molecule has 0 spiro atoms. The van der Waals surface area contributed by atoms with E-state index in [2.05, 4.69) is 18.3 Å². The first kappa shape index (κ1) is 15.4. The Morgan fingerprint density at radius 3 is 2.87 bits per heavy atom. The minimum atomic E-state index is 0.0750. The molecule has 1 N–H and O–H groups in total. The van der Waals surface area contributed by atoms with E-state index in [9.17, 15) is 4.79 Å². The Hall–Kier alpha value is -2.49. The zero-order chi connectivity index (χ0) is 16.4. The maximum atomic E-state index is 12.7. The summed E-state index contributed by atoms with van der Waals surface area (Å²) < 4.78 is 5.35. The van der Waals surface area contributed by atoms with E-state index in [1.165, 1.54) is 5.56 Å². The number of hydrogen-bond acceptors (Lipinski definition) is 3. The number of fused-ring (bicyclic) bond motifs is 1. The second-order valence-electron chi connectivity index (χ2n) is 6.00. The first-order valence-electron chi connectivity index (χ1n) is 7.88. The quantitative estimate of drug-likeness (QED) is 0.941. The molecule has 1 amide bonds. The number of nitrogens with zero attached hydrogens (tertiary/aromatic N) is 1. The van der Waals surface area contributed by atoms with Crippen molar-refractivity contribution in [2.45, 2.75) is 26.3 Å². The van der Waals surface area contributed by atoms with Crippen LogP contribution in [0.15, 0.2) is 42.5 Å². The van der Waals surface area contributed by atoms with Gasteiger partial charge in [-0.1, -0.05) is 24.3 Å². The molecular weight excluding hydrogens is 288 g/mol. The van der Waals surface area contributed by atoms with Crippen molar-refractivity contribution in [2.24, 2.45) is 0 Å². The number of aryl methyl sites for hydroxylation is 1. The van der Waals surface area contributed by atoms with Crippen LogP contribution >= 0.6 is 0 Å². The summed E-state index contributed by atoms with van der Waals surface area (Å²) >= 11 is 0. The second kappa shape index (κ2) is 6.32. The summed E-state index contributed by atoms with van der Waals surface area (Å²) in [4.78, 5) is 14.6. The Kier molecular flexibility index (Phi) is 4.24. The smallest absolute Gasteiger partial charge is 0.246 e. The highest BCUT2D eigenvalue weighted by atomic mass is 16.5. The van der Waals surface area contributed by atoms with Crippen LogP contribution in [0.2, 0.25) is 0 Å². The Bertz CT molecular complexity index is 727. The van der Waals surface area contributed by atoms with Crippen molar-refractivity contribution < 1.29 is 9.53 Å². The van der Waals surface area contributed by atoms with Crippen LogP contribution in [-0.4, -0.2) is 25.6 Å². The van der Waals surface area contributed by atoms with Crippen molar-refractivity contribution in [1.29, 1.82) is 0 Å². The topological polar surface area (TPSA) is 41.6 Å². The first-order valence-corrected chi connectivity index (χ1v) is 7.88. The van der Waals surface area contributed by atoms with Gasteiger partial charge in [-0.25, -0.2) is 0 Å². The molecule has 120 valence electrons. The zero-order valence-corrected chi connectivity index (χ0v) is 13.8. The summed E-state index contributed by atoms with van der Waals surface area (Å²) in [5.74, 6) is 0.823. The Labute approximate surface area is 137 Å². The lowest BCUT2D eigenvalue weighted by Crippen LogP contribution is -2.39. The largest absolute Gasteiger partial charge is 0.495 e. The summed E-state index contributed by atoms with van der Waals surface area (Å²) in [6.45, 7) is 4.36. The molecule has 23 heavy (non-hydrogen) atoms. The number of benzene rings is 2. The van der Waals surface area contributed by atoms with Crippen molar-refractivity contribution in [1.82, 2.24) is 0 Å².